The van der Waals surface area contributed by atoms with Crippen LogP contribution < -0.4 is 4.74 Å². The molecule has 8 heteroatoms. The topological polar surface area (TPSA) is 76.2 Å². The van der Waals surface area contributed by atoms with Gasteiger partial charge in [0.1, 0.15) is 11.3 Å². The monoisotopic (exact) mass is 446 g/mol. The number of thioether (sulfide) groups is 1. The molecule has 168 valence electrons. The molecule has 3 heterocycles. The number of hydrogen-bond acceptors (Lipinski definition) is 7. The van der Waals surface area contributed by atoms with Crippen molar-refractivity contribution in [3.63, 3.8) is 0 Å². The van der Waals surface area contributed by atoms with Crippen molar-refractivity contribution in [1.82, 2.24) is 9.80 Å². The van der Waals surface area contributed by atoms with Crippen LogP contribution in [0.5, 0.6) is 5.75 Å². The molecule has 4 atom stereocenters. The van der Waals surface area contributed by atoms with E-state index in [4.69, 9.17) is 9.47 Å². The van der Waals surface area contributed by atoms with Crippen LogP contribution >= 0.6 is 11.8 Å². The fourth-order valence-electron chi connectivity index (χ4n) is 5.77. The highest BCUT2D eigenvalue weighted by Gasteiger charge is 2.73. The normalized spacial score (nSPS) is 29.9. The Balaban J connectivity index is 1.83. The average molecular weight is 447 g/mol. The molecule has 0 aromatic heterocycles. The molecule has 0 spiro atoms. The molecule has 1 aromatic rings. The maximum absolute atomic E-state index is 13.4. The van der Waals surface area contributed by atoms with Crippen molar-refractivity contribution in [2.24, 2.45) is 11.8 Å². The van der Waals surface area contributed by atoms with Gasteiger partial charge in [0, 0.05) is 17.5 Å². The Kier molecular flexibility index (Phi) is 6.05. The molecule has 0 bridgehead atoms. The van der Waals surface area contributed by atoms with E-state index in [0.29, 0.717) is 19.5 Å². The molecule has 2 amide bonds. The van der Waals surface area contributed by atoms with Crippen molar-refractivity contribution < 1.29 is 23.9 Å². The molecule has 31 heavy (non-hydrogen) atoms. The lowest BCUT2D eigenvalue weighted by Crippen LogP contribution is -2.54. The van der Waals surface area contributed by atoms with Crippen LogP contribution in [0.4, 0.5) is 0 Å². The fourth-order valence-corrected chi connectivity index (χ4v) is 6.64. The zero-order chi connectivity index (χ0) is 22.3. The third-order valence-corrected chi connectivity index (χ3v) is 8.21. The minimum atomic E-state index is -1.08. The van der Waals surface area contributed by atoms with Crippen LogP contribution in [-0.2, 0) is 19.1 Å². The first-order chi connectivity index (χ1) is 15.0. The number of imide groups is 1. The molecule has 3 fully saturated rings. The zero-order valence-electron chi connectivity index (χ0n) is 18.6. The van der Waals surface area contributed by atoms with E-state index in [1.807, 2.05) is 18.2 Å². The van der Waals surface area contributed by atoms with Crippen molar-refractivity contribution in [1.29, 1.82) is 0 Å². The van der Waals surface area contributed by atoms with E-state index in [0.717, 1.165) is 34.8 Å². The van der Waals surface area contributed by atoms with Gasteiger partial charge in [0.15, 0.2) is 0 Å². The number of hydrogen-bond donors (Lipinski definition) is 0. The molecule has 4 rings (SSSR count). The zero-order valence-corrected chi connectivity index (χ0v) is 19.4. The van der Waals surface area contributed by atoms with Crippen LogP contribution in [0.15, 0.2) is 23.1 Å². The van der Waals surface area contributed by atoms with Crippen molar-refractivity contribution in [2.45, 2.75) is 49.6 Å². The summed E-state index contributed by atoms with van der Waals surface area (Å²) >= 11 is 1.73. The Morgan fingerprint density at radius 3 is 2.65 bits per heavy atom. The number of ether oxygens (including phenoxy) is 2. The third-order valence-electron chi connectivity index (χ3n) is 6.95. The van der Waals surface area contributed by atoms with Gasteiger partial charge in [-0.3, -0.25) is 24.2 Å². The second-order valence-electron chi connectivity index (χ2n) is 8.34. The van der Waals surface area contributed by atoms with Crippen molar-refractivity contribution >= 4 is 29.5 Å². The number of methoxy groups -OCH3 is 2. The van der Waals surface area contributed by atoms with E-state index in [2.05, 4.69) is 11.8 Å². The van der Waals surface area contributed by atoms with Gasteiger partial charge < -0.3 is 9.47 Å². The van der Waals surface area contributed by atoms with Crippen LogP contribution in [0, 0.1) is 11.8 Å². The van der Waals surface area contributed by atoms with E-state index in [1.165, 1.54) is 12.0 Å². The number of carbonyl (C=O) groups excluding carboxylic acids is 3. The summed E-state index contributed by atoms with van der Waals surface area (Å²) in [6.07, 6.45) is 2.36. The molecular formula is C23H30N2O5S. The molecule has 0 N–H and O–H groups in total. The molecule has 3 unspecified atom stereocenters. The van der Waals surface area contributed by atoms with E-state index in [-0.39, 0.29) is 17.9 Å². The number of carbonyl (C=O) groups is 3. The second kappa shape index (κ2) is 8.47. The van der Waals surface area contributed by atoms with Crippen molar-refractivity contribution in [3.05, 3.63) is 23.8 Å². The Morgan fingerprint density at radius 2 is 2.00 bits per heavy atom. The van der Waals surface area contributed by atoms with Crippen molar-refractivity contribution in [2.75, 3.05) is 33.1 Å². The minimum absolute atomic E-state index is 0.191. The Bertz CT molecular complexity index is 906. The van der Waals surface area contributed by atoms with E-state index in [1.54, 1.807) is 25.8 Å². The molecule has 0 aliphatic carbocycles. The number of amides is 2. The number of esters is 1. The van der Waals surface area contributed by atoms with Gasteiger partial charge in [0.05, 0.1) is 26.1 Å². The largest absolute Gasteiger partial charge is 0.496 e. The number of benzene rings is 1. The maximum atomic E-state index is 13.4. The lowest BCUT2D eigenvalue weighted by molar-refractivity contribution is -0.159. The van der Waals surface area contributed by atoms with Gasteiger partial charge in [0.2, 0.25) is 11.8 Å². The van der Waals surface area contributed by atoms with Crippen LogP contribution in [0.3, 0.4) is 0 Å². The highest BCUT2D eigenvalue weighted by atomic mass is 32.2. The van der Waals surface area contributed by atoms with E-state index in [9.17, 15) is 14.4 Å². The molecule has 3 aliphatic heterocycles. The van der Waals surface area contributed by atoms with Gasteiger partial charge >= 0.3 is 5.97 Å². The predicted octanol–water partition coefficient (Wildman–Crippen LogP) is 2.88. The summed E-state index contributed by atoms with van der Waals surface area (Å²) in [7, 11) is 3.00. The molecule has 1 aromatic carbocycles. The van der Waals surface area contributed by atoms with Gasteiger partial charge in [-0.2, -0.15) is 0 Å². The number of rotatable bonds is 7. The summed E-state index contributed by atoms with van der Waals surface area (Å²) in [5.41, 5.74) is -0.177. The first-order valence-electron chi connectivity index (χ1n) is 11.0. The highest BCUT2D eigenvalue weighted by Crippen LogP contribution is 2.59. The van der Waals surface area contributed by atoms with Gasteiger partial charge in [-0.1, -0.05) is 13.0 Å². The third kappa shape index (κ3) is 3.09. The highest BCUT2D eigenvalue weighted by molar-refractivity contribution is 7.99. The quantitative estimate of drug-likeness (QED) is 0.362. The Hall–Kier alpha value is -2.06. The predicted molar refractivity (Wildman–Crippen MR) is 117 cm³/mol. The minimum Gasteiger partial charge on any atom is -0.496 e. The summed E-state index contributed by atoms with van der Waals surface area (Å²) in [6.45, 7) is 4.89. The molecule has 0 radical (unpaired) electrons. The summed E-state index contributed by atoms with van der Waals surface area (Å²) in [5.74, 6) is -0.413. The summed E-state index contributed by atoms with van der Waals surface area (Å²) in [4.78, 5) is 44.2. The Morgan fingerprint density at radius 1 is 1.23 bits per heavy atom. The molecule has 3 saturated heterocycles. The van der Waals surface area contributed by atoms with Crippen molar-refractivity contribution in [3.8, 4) is 5.75 Å². The lowest BCUT2D eigenvalue weighted by Gasteiger charge is -2.36. The van der Waals surface area contributed by atoms with Gasteiger partial charge in [-0.25, -0.2) is 0 Å². The number of nitrogens with zero attached hydrogens (tertiary/aromatic N) is 2. The lowest BCUT2D eigenvalue weighted by atomic mass is 9.77. The first kappa shape index (κ1) is 22.1. The summed E-state index contributed by atoms with van der Waals surface area (Å²) in [6, 6.07) is 5.65. The summed E-state index contributed by atoms with van der Waals surface area (Å²) in [5, 5.41) is 0. The van der Waals surface area contributed by atoms with Crippen LogP contribution in [0.2, 0.25) is 0 Å². The second-order valence-corrected chi connectivity index (χ2v) is 9.48. The fraction of sp³-hybridized carbons (Fsp3) is 0.609. The number of fused-ring (bicyclic) bond motifs is 3. The smallest absolute Gasteiger partial charge is 0.327 e. The molecular weight excluding hydrogens is 416 g/mol. The summed E-state index contributed by atoms with van der Waals surface area (Å²) < 4.78 is 10.9. The number of likely N-dealkylation sites (tertiary alicyclic amines) is 1. The molecule has 0 saturated carbocycles. The Labute approximate surface area is 187 Å². The van der Waals surface area contributed by atoms with E-state index >= 15 is 0 Å². The first-order valence-corrected chi connectivity index (χ1v) is 12.0. The van der Waals surface area contributed by atoms with Crippen LogP contribution in [-0.4, -0.2) is 66.2 Å². The van der Waals surface area contributed by atoms with Gasteiger partial charge in [0.25, 0.3) is 0 Å². The van der Waals surface area contributed by atoms with E-state index < -0.39 is 23.3 Å². The average Bonchev–Trinajstić information content (AvgIpc) is 3.40. The molecule has 7 nitrogen and oxygen atoms in total. The maximum Gasteiger partial charge on any atom is 0.327 e. The van der Waals surface area contributed by atoms with Crippen LogP contribution in [0.25, 0.3) is 0 Å². The SMILES string of the molecule is CCCSc1ccc(C2C3C(=O)N(CC)C(=O)C3[C@]3(C(=O)OC)CCCN23)cc1OC. The van der Waals surface area contributed by atoms with Gasteiger partial charge in [-0.15, -0.1) is 11.8 Å². The molecule has 3 aliphatic rings. The standard InChI is InChI=1S/C23H30N2O5S/c1-5-12-31-16-9-8-14(13-15(16)29-3)19-17-18(21(27)24(6-2)20(17)26)23(22(28)30-4)10-7-11-25(19)23/h8-9,13,17-19H,5-7,10-12H2,1-4H3/t17?,18?,19?,23-/m0/s1. The van der Waals surface area contributed by atoms with Gasteiger partial charge in [-0.05, 0) is 56.2 Å². The van der Waals surface area contributed by atoms with Crippen LogP contribution in [0.1, 0.15) is 44.7 Å².